The summed E-state index contributed by atoms with van der Waals surface area (Å²) in [6, 6.07) is 0. The maximum atomic E-state index is 6.06. The summed E-state index contributed by atoms with van der Waals surface area (Å²) in [5, 5.41) is 5.32. The van der Waals surface area contributed by atoms with E-state index < -0.39 is 0 Å². The quantitative estimate of drug-likeness (QED) is 0.727. The van der Waals surface area contributed by atoms with Gasteiger partial charge in [-0.25, -0.2) is 9.67 Å². The van der Waals surface area contributed by atoms with E-state index in [2.05, 4.69) is 40.8 Å². The Balaban J connectivity index is 0.000000924. The molecule has 6 nitrogen and oxygen atoms in total. The second kappa shape index (κ2) is 6.91. The summed E-state index contributed by atoms with van der Waals surface area (Å²) >= 11 is 6.06. The van der Waals surface area contributed by atoms with Crippen LogP contribution in [0.3, 0.4) is 0 Å². The Morgan fingerprint density at radius 3 is 2.48 bits per heavy atom. The summed E-state index contributed by atoms with van der Waals surface area (Å²) in [6.45, 7) is 10.7. The highest BCUT2D eigenvalue weighted by molar-refractivity contribution is 6.34. The predicted molar refractivity (Wildman–Crippen MR) is 93.6 cm³/mol. The number of aromatic nitrogens is 5. The molecular weight excluding hydrogens is 312 g/mol. The maximum absolute atomic E-state index is 6.06. The monoisotopic (exact) mass is 332 g/mol. The molecule has 0 aliphatic carbocycles. The average Bonchev–Trinajstić information content (AvgIpc) is 2.93. The first-order valence-electron chi connectivity index (χ1n) is 7.53. The Morgan fingerprint density at radius 1 is 1.09 bits per heavy atom. The van der Waals surface area contributed by atoms with Gasteiger partial charge in [-0.2, -0.15) is 10.1 Å². The van der Waals surface area contributed by atoms with Crippen molar-refractivity contribution in [2.24, 2.45) is 0 Å². The van der Waals surface area contributed by atoms with Crippen molar-refractivity contribution in [2.45, 2.75) is 41.2 Å². The number of nitrogens with zero attached hydrogens (tertiary/aromatic N) is 5. The van der Waals surface area contributed by atoms with Crippen molar-refractivity contribution >= 4 is 28.6 Å². The van der Waals surface area contributed by atoms with Crippen LogP contribution in [0.4, 0.5) is 5.95 Å². The highest BCUT2D eigenvalue weighted by Crippen LogP contribution is 2.22. The molecule has 3 aromatic heterocycles. The zero-order valence-corrected chi connectivity index (χ0v) is 14.8. The van der Waals surface area contributed by atoms with E-state index in [4.69, 9.17) is 17.3 Å². The Hall–Kier alpha value is -2.21. The number of hydrogen-bond donors (Lipinski definition) is 1. The summed E-state index contributed by atoms with van der Waals surface area (Å²) in [6.07, 6.45) is 3.52. The van der Waals surface area contributed by atoms with Crippen LogP contribution in [-0.2, 0) is 6.54 Å². The number of hydrogen-bond acceptors (Lipinski definition) is 5. The lowest BCUT2D eigenvalue weighted by Crippen LogP contribution is -2.08. The lowest BCUT2D eigenvalue weighted by atomic mass is 10.1. The molecule has 2 N–H and O–H groups in total. The smallest absolute Gasteiger partial charge is 0.223 e. The molecule has 0 fully saturated rings. The van der Waals surface area contributed by atoms with Crippen molar-refractivity contribution in [3.8, 4) is 0 Å². The van der Waals surface area contributed by atoms with E-state index in [1.807, 2.05) is 20.0 Å². The first kappa shape index (κ1) is 17.1. The SMILES string of the molecule is CC.Cc1cnc(Cn2ncc3c(Cl)nc(N)nc32)c(C)c1C. The van der Waals surface area contributed by atoms with Gasteiger partial charge in [-0.3, -0.25) is 4.98 Å². The number of pyridine rings is 1. The molecule has 0 unspecified atom stereocenters. The van der Waals surface area contributed by atoms with E-state index in [0.717, 1.165) is 11.3 Å². The molecule has 7 heteroatoms. The normalized spacial score (nSPS) is 10.5. The molecule has 0 saturated heterocycles. The molecule has 0 atom stereocenters. The largest absolute Gasteiger partial charge is 0.368 e. The second-order valence-electron chi connectivity index (χ2n) is 5.05. The fraction of sp³-hybridized carbons (Fsp3) is 0.375. The number of nitrogen functional groups attached to an aromatic ring is 1. The summed E-state index contributed by atoms with van der Waals surface area (Å²) in [4.78, 5) is 12.6. The van der Waals surface area contributed by atoms with Gasteiger partial charge in [0.1, 0.15) is 5.15 Å². The van der Waals surface area contributed by atoms with Gasteiger partial charge in [-0.15, -0.1) is 0 Å². The van der Waals surface area contributed by atoms with Gasteiger partial charge in [0, 0.05) is 6.20 Å². The highest BCUT2D eigenvalue weighted by atomic mass is 35.5. The van der Waals surface area contributed by atoms with Gasteiger partial charge in [0.15, 0.2) is 5.65 Å². The standard InChI is InChI=1S/C14H15ClN6.C2H6/c1-7-4-17-11(9(3)8(7)2)6-21-13-10(5-18-21)12(15)19-14(16)20-13;1-2/h4-5H,6H2,1-3H3,(H2,16,19,20);1-2H3. The number of rotatable bonds is 2. The molecule has 0 bridgehead atoms. The summed E-state index contributed by atoms with van der Waals surface area (Å²) in [5.74, 6) is 0.138. The van der Waals surface area contributed by atoms with E-state index in [-0.39, 0.29) is 5.95 Å². The lowest BCUT2D eigenvalue weighted by Gasteiger charge is -2.10. The number of anilines is 1. The first-order chi connectivity index (χ1) is 11.0. The Morgan fingerprint density at radius 2 is 1.78 bits per heavy atom. The van der Waals surface area contributed by atoms with Crippen LogP contribution in [-0.4, -0.2) is 24.7 Å². The zero-order chi connectivity index (χ0) is 17.1. The van der Waals surface area contributed by atoms with E-state index >= 15 is 0 Å². The molecule has 0 saturated carbocycles. The third kappa shape index (κ3) is 3.27. The van der Waals surface area contributed by atoms with Gasteiger partial charge < -0.3 is 5.73 Å². The van der Waals surface area contributed by atoms with Crippen molar-refractivity contribution in [3.63, 3.8) is 0 Å². The minimum Gasteiger partial charge on any atom is -0.368 e. The van der Waals surface area contributed by atoms with Crippen LogP contribution in [0.25, 0.3) is 11.0 Å². The molecule has 0 aliphatic heterocycles. The molecule has 3 heterocycles. The van der Waals surface area contributed by atoms with Gasteiger partial charge in [-0.05, 0) is 37.5 Å². The van der Waals surface area contributed by atoms with Crippen LogP contribution in [0.2, 0.25) is 5.15 Å². The van der Waals surface area contributed by atoms with Crippen LogP contribution in [0.1, 0.15) is 36.2 Å². The summed E-state index contributed by atoms with van der Waals surface area (Å²) in [5.41, 5.74) is 10.8. The molecule has 0 aliphatic rings. The molecule has 0 spiro atoms. The zero-order valence-electron chi connectivity index (χ0n) is 14.1. The Bertz CT molecular complexity index is 840. The van der Waals surface area contributed by atoms with Crippen LogP contribution < -0.4 is 5.73 Å². The number of halogens is 1. The number of fused-ring (bicyclic) bond motifs is 1. The topological polar surface area (TPSA) is 82.5 Å². The van der Waals surface area contributed by atoms with Crippen molar-refractivity contribution in [1.82, 2.24) is 24.7 Å². The van der Waals surface area contributed by atoms with Crippen LogP contribution >= 0.6 is 11.6 Å². The van der Waals surface area contributed by atoms with E-state index in [1.54, 1.807) is 10.9 Å². The van der Waals surface area contributed by atoms with Gasteiger partial charge in [0.25, 0.3) is 0 Å². The van der Waals surface area contributed by atoms with Crippen molar-refractivity contribution < 1.29 is 0 Å². The molecule has 3 aromatic rings. The van der Waals surface area contributed by atoms with Crippen LogP contribution in [0.5, 0.6) is 0 Å². The average molecular weight is 333 g/mol. The van der Waals surface area contributed by atoms with Gasteiger partial charge >= 0.3 is 0 Å². The molecular formula is C16H21ClN6. The molecule has 23 heavy (non-hydrogen) atoms. The van der Waals surface area contributed by atoms with Crippen molar-refractivity contribution in [3.05, 3.63) is 39.9 Å². The minimum atomic E-state index is 0.138. The predicted octanol–water partition coefficient (Wildman–Crippen LogP) is 3.46. The van der Waals surface area contributed by atoms with Crippen molar-refractivity contribution in [1.29, 1.82) is 0 Å². The Kier molecular flexibility index (Phi) is 5.15. The Labute approximate surface area is 140 Å². The molecule has 3 rings (SSSR count). The van der Waals surface area contributed by atoms with Crippen LogP contribution in [0, 0.1) is 20.8 Å². The van der Waals surface area contributed by atoms with Crippen LogP contribution in [0.15, 0.2) is 12.4 Å². The highest BCUT2D eigenvalue weighted by Gasteiger charge is 2.13. The molecule has 0 amide bonds. The van der Waals surface area contributed by atoms with E-state index in [1.165, 1.54) is 11.1 Å². The van der Waals surface area contributed by atoms with E-state index in [9.17, 15) is 0 Å². The minimum absolute atomic E-state index is 0.138. The van der Waals surface area contributed by atoms with E-state index in [0.29, 0.717) is 22.7 Å². The summed E-state index contributed by atoms with van der Waals surface area (Å²) < 4.78 is 1.74. The third-order valence-corrected chi connectivity index (χ3v) is 4.06. The first-order valence-corrected chi connectivity index (χ1v) is 7.91. The number of nitrogens with two attached hydrogens (primary N) is 1. The lowest BCUT2D eigenvalue weighted by molar-refractivity contribution is 0.684. The second-order valence-corrected chi connectivity index (χ2v) is 5.41. The molecule has 0 aromatic carbocycles. The third-order valence-electron chi connectivity index (χ3n) is 3.77. The fourth-order valence-corrected chi connectivity index (χ4v) is 2.45. The fourth-order valence-electron chi connectivity index (χ4n) is 2.23. The number of aryl methyl sites for hydroxylation is 1. The van der Waals surface area contributed by atoms with Gasteiger partial charge in [-0.1, -0.05) is 25.4 Å². The maximum Gasteiger partial charge on any atom is 0.223 e. The van der Waals surface area contributed by atoms with Gasteiger partial charge in [0.05, 0.1) is 23.8 Å². The molecule has 0 radical (unpaired) electrons. The molecule has 122 valence electrons. The van der Waals surface area contributed by atoms with Gasteiger partial charge in [0.2, 0.25) is 5.95 Å². The van der Waals surface area contributed by atoms with Crippen molar-refractivity contribution in [2.75, 3.05) is 5.73 Å². The summed E-state index contributed by atoms with van der Waals surface area (Å²) in [7, 11) is 0.